The Morgan fingerprint density at radius 2 is 1.57 bits per heavy atom. The van der Waals surface area contributed by atoms with E-state index in [9.17, 15) is 14.7 Å². The molecular weight excluding hydrogens is 580 g/mol. The average Bonchev–Trinajstić information content (AvgIpc) is 3.60. The SMILES string of the molecule is COc1ccc(C(O)=C2C(=O)C(=O)N(c3nc4ccc(OC)cc4s3)C2c2ccc(OCc3ccccc3)c(OC)c2)cc1. The number of ketones is 1. The number of ether oxygens (including phenoxy) is 4. The number of carbonyl (C=O) groups excluding carboxylic acids is 2. The number of benzene rings is 4. The van der Waals surface area contributed by atoms with Crippen LogP contribution in [0.4, 0.5) is 5.13 Å². The summed E-state index contributed by atoms with van der Waals surface area (Å²) in [5.41, 5.74) is 2.44. The number of thiazole rings is 1. The number of hydrogen-bond donors (Lipinski definition) is 1. The topological polar surface area (TPSA) is 107 Å². The number of Topliss-reactive ketones (excluding diaryl/α,β-unsaturated/α-hetero) is 1. The van der Waals surface area contributed by atoms with Crippen molar-refractivity contribution in [2.45, 2.75) is 12.6 Å². The highest BCUT2D eigenvalue weighted by Gasteiger charge is 2.48. The first kappa shape index (κ1) is 28.8. The highest BCUT2D eigenvalue weighted by molar-refractivity contribution is 7.22. The van der Waals surface area contributed by atoms with Crippen LogP contribution < -0.4 is 23.8 Å². The van der Waals surface area contributed by atoms with Gasteiger partial charge in [-0.25, -0.2) is 4.98 Å². The van der Waals surface area contributed by atoms with E-state index in [1.165, 1.54) is 30.5 Å². The number of anilines is 1. The fourth-order valence-electron chi connectivity index (χ4n) is 5.08. The zero-order valence-electron chi connectivity index (χ0n) is 24.1. The first-order valence-electron chi connectivity index (χ1n) is 13.7. The quantitative estimate of drug-likeness (QED) is 0.114. The van der Waals surface area contributed by atoms with Crippen molar-refractivity contribution in [1.82, 2.24) is 4.98 Å². The molecule has 1 fully saturated rings. The molecule has 1 aromatic heterocycles. The molecule has 0 saturated carbocycles. The van der Waals surface area contributed by atoms with Crippen LogP contribution in [0.15, 0.2) is 96.6 Å². The van der Waals surface area contributed by atoms with E-state index >= 15 is 0 Å². The van der Waals surface area contributed by atoms with Gasteiger partial charge in [0.15, 0.2) is 16.6 Å². The number of aliphatic hydroxyl groups excluding tert-OH is 1. The molecule has 0 spiro atoms. The molecule has 222 valence electrons. The summed E-state index contributed by atoms with van der Waals surface area (Å²) < 4.78 is 23.1. The zero-order chi connectivity index (χ0) is 30.8. The Hall–Kier alpha value is -5.35. The maximum absolute atomic E-state index is 13.7. The molecule has 1 saturated heterocycles. The van der Waals surface area contributed by atoms with Gasteiger partial charge in [0.25, 0.3) is 5.78 Å². The van der Waals surface area contributed by atoms with Crippen molar-refractivity contribution in [3.63, 3.8) is 0 Å². The number of nitrogens with zero attached hydrogens (tertiary/aromatic N) is 2. The zero-order valence-corrected chi connectivity index (χ0v) is 25.0. The predicted octanol–water partition coefficient (Wildman–Crippen LogP) is 6.53. The van der Waals surface area contributed by atoms with Gasteiger partial charge in [0.2, 0.25) is 0 Å². The van der Waals surface area contributed by atoms with Crippen LogP contribution in [-0.2, 0) is 16.2 Å². The standard InChI is InChI=1S/C34H28N2O7S/c1-40-23-12-9-21(10-13-23)31(37)29-30(22-11-16-26(27(17-22)42-3)43-19-20-7-5-4-6-8-20)36(33(39)32(29)38)34-35-25-15-14-24(41-2)18-28(25)44-34/h4-18,30,37H,19H2,1-3H3. The van der Waals surface area contributed by atoms with E-state index in [-0.39, 0.29) is 11.3 Å². The fourth-order valence-corrected chi connectivity index (χ4v) is 6.10. The van der Waals surface area contributed by atoms with E-state index in [4.69, 9.17) is 18.9 Å². The summed E-state index contributed by atoms with van der Waals surface area (Å²) >= 11 is 1.25. The lowest BCUT2D eigenvalue weighted by atomic mass is 9.95. The summed E-state index contributed by atoms with van der Waals surface area (Å²) in [6.45, 7) is 0.321. The van der Waals surface area contributed by atoms with Crippen LogP contribution >= 0.6 is 11.3 Å². The Morgan fingerprint density at radius 1 is 0.841 bits per heavy atom. The van der Waals surface area contributed by atoms with Crippen LogP contribution in [0.25, 0.3) is 16.0 Å². The number of aromatic nitrogens is 1. The van der Waals surface area contributed by atoms with Crippen LogP contribution in [0.1, 0.15) is 22.7 Å². The lowest BCUT2D eigenvalue weighted by Crippen LogP contribution is -2.29. The van der Waals surface area contributed by atoms with E-state index in [0.29, 0.717) is 51.4 Å². The van der Waals surface area contributed by atoms with Gasteiger partial charge in [-0.1, -0.05) is 47.7 Å². The molecule has 1 aliphatic rings. The normalized spacial score (nSPS) is 15.9. The van der Waals surface area contributed by atoms with Gasteiger partial charge >= 0.3 is 5.91 Å². The maximum atomic E-state index is 13.7. The number of amides is 1. The van der Waals surface area contributed by atoms with Crippen LogP contribution in [-0.4, -0.2) is 43.1 Å². The van der Waals surface area contributed by atoms with Crippen LogP contribution in [0.2, 0.25) is 0 Å². The first-order valence-corrected chi connectivity index (χ1v) is 14.5. The second-order valence-electron chi connectivity index (χ2n) is 9.91. The maximum Gasteiger partial charge on any atom is 0.301 e. The summed E-state index contributed by atoms with van der Waals surface area (Å²) in [5.74, 6) is 0.162. The second-order valence-corrected chi connectivity index (χ2v) is 10.9. The minimum atomic E-state index is -1.00. The molecule has 0 radical (unpaired) electrons. The summed E-state index contributed by atoms with van der Waals surface area (Å²) in [6.07, 6.45) is 0. The molecule has 1 N–H and O–H groups in total. The van der Waals surface area contributed by atoms with E-state index in [0.717, 1.165) is 10.3 Å². The molecule has 10 heteroatoms. The van der Waals surface area contributed by atoms with Gasteiger partial charge in [-0.2, -0.15) is 0 Å². The third-order valence-electron chi connectivity index (χ3n) is 7.34. The largest absolute Gasteiger partial charge is 0.507 e. The highest BCUT2D eigenvalue weighted by Crippen LogP contribution is 2.46. The minimum absolute atomic E-state index is 0.0722. The van der Waals surface area contributed by atoms with Crippen molar-refractivity contribution >= 4 is 44.1 Å². The van der Waals surface area contributed by atoms with Crippen molar-refractivity contribution < 1.29 is 33.6 Å². The Balaban J connectivity index is 1.47. The van der Waals surface area contributed by atoms with Crippen LogP contribution in [0.5, 0.6) is 23.0 Å². The van der Waals surface area contributed by atoms with Crippen molar-refractivity contribution in [2.75, 3.05) is 26.2 Å². The van der Waals surface area contributed by atoms with Gasteiger partial charge in [0.05, 0.1) is 43.2 Å². The van der Waals surface area contributed by atoms with Gasteiger partial charge in [0, 0.05) is 5.56 Å². The molecule has 4 aromatic carbocycles. The second kappa shape index (κ2) is 12.1. The molecule has 0 aliphatic carbocycles. The van der Waals surface area contributed by atoms with Crippen molar-refractivity contribution in [2.24, 2.45) is 0 Å². The van der Waals surface area contributed by atoms with Gasteiger partial charge in [0.1, 0.15) is 23.9 Å². The molecule has 1 aliphatic heterocycles. The van der Waals surface area contributed by atoms with Gasteiger partial charge in [-0.05, 0) is 65.7 Å². The van der Waals surface area contributed by atoms with E-state index in [1.54, 1.807) is 61.7 Å². The summed E-state index contributed by atoms with van der Waals surface area (Å²) in [7, 11) is 4.62. The molecule has 2 heterocycles. The van der Waals surface area contributed by atoms with Crippen molar-refractivity contribution in [3.05, 3.63) is 113 Å². The van der Waals surface area contributed by atoms with Gasteiger partial charge in [-0.15, -0.1) is 0 Å². The number of carbonyl (C=O) groups is 2. The smallest absolute Gasteiger partial charge is 0.301 e. The molecule has 44 heavy (non-hydrogen) atoms. The Bertz CT molecular complexity index is 1880. The molecule has 1 amide bonds. The molecule has 6 rings (SSSR count). The molecule has 0 bridgehead atoms. The van der Waals surface area contributed by atoms with Crippen LogP contribution in [0, 0.1) is 0 Å². The molecule has 9 nitrogen and oxygen atoms in total. The molecule has 1 atom stereocenters. The Kier molecular flexibility index (Phi) is 7.91. The summed E-state index contributed by atoms with van der Waals surface area (Å²) in [4.78, 5) is 33.4. The summed E-state index contributed by atoms with van der Waals surface area (Å²) in [6, 6.07) is 25.9. The number of methoxy groups -OCH3 is 3. The molecular formula is C34H28N2O7S. The van der Waals surface area contributed by atoms with E-state index in [2.05, 4.69) is 4.98 Å². The van der Waals surface area contributed by atoms with Crippen molar-refractivity contribution in [1.29, 1.82) is 0 Å². The predicted molar refractivity (Wildman–Crippen MR) is 168 cm³/mol. The Morgan fingerprint density at radius 3 is 2.27 bits per heavy atom. The van der Waals surface area contributed by atoms with Gasteiger partial charge in [-0.3, -0.25) is 14.5 Å². The monoisotopic (exact) mass is 608 g/mol. The van der Waals surface area contributed by atoms with Crippen molar-refractivity contribution in [3.8, 4) is 23.0 Å². The Labute approximate surface area is 257 Å². The number of aliphatic hydroxyl groups is 1. The van der Waals surface area contributed by atoms with E-state index < -0.39 is 17.7 Å². The first-order chi connectivity index (χ1) is 21.4. The fraction of sp³-hybridized carbons (Fsp3) is 0.147. The summed E-state index contributed by atoms with van der Waals surface area (Å²) in [5, 5.41) is 11.8. The molecule has 1 unspecified atom stereocenters. The minimum Gasteiger partial charge on any atom is -0.507 e. The third-order valence-corrected chi connectivity index (χ3v) is 8.36. The average molecular weight is 609 g/mol. The number of rotatable bonds is 9. The van der Waals surface area contributed by atoms with Gasteiger partial charge < -0.3 is 24.1 Å². The van der Waals surface area contributed by atoms with E-state index in [1.807, 2.05) is 36.4 Å². The molecule has 5 aromatic rings. The number of fused-ring (bicyclic) bond motifs is 1. The third kappa shape index (κ3) is 5.31. The highest BCUT2D eigenvalue weighted by atomic mass is 32.1. The lowest BCUT2D eigenvalue weighted by molar-refractivity contribution is -0.132. The lowest BCUT2D eigenvalue weighted by Gasteiger charge is -2.24. The van der Waals surface area contributed by atoms with Crippen LogP contribution in [0.3, 0.4) is 0 Å². The number of hydrogen-bond acceptors (Lipinski definition) is 9.